The minimum atomic E-state index is -0.0458. The highest BCUT2D eigenvalue weighted by molar-refractivity contribution is 7.10. The molecular formula is C16H24N2O2S. The molecule has 0 aliphatic carbocycles. The van der Waals surface area contributed by atoms with Crippen LogP contribution < -0.4 is 5.32 Å². The fourth-order valence-corrected chi connectivity index (χ4v) is 3.78. The molecule has 2 amide bonds. The average Bonchev–Trinajstić information content (AvgIpc) is 3.12. The summed E-state index contributed by atoms with van der Waals surface area (Å²) in [6.07, 6.45) is 3.51. The van der Waals surface area contributed by atoms with E-state index in [1.165, 1.54) is 4.88 Å². The molecule has 1 N–H and O–H groups in total. The molecule has 1 aromatic heterocycles. The minimum Gasteiger partial charge on any atom is -0.347 e. The number of likely N-dealkylation sites (tertiary alicyclic amines) is 1. The van der Waals surface area contributed by atoms with E-state index in [1.807, 2.05) is 11.4 Å². The monoisotopic (exact) mass is 308 g/mol. The molecule has 0 unspecified atom stereocenters. The first-order chi connectivity index (χ1) is 10.2. The third kappa shape index (κ3) is 4.06. The van der Waals surface area contributed by atoms with Crippen molar-refractivity contribution in [2.24, 2.45) is 5.92 Å². The lowest BCUT2D eigenvalue weighted by atomic mass is 9.93. The summed E-state index contributed by atoms with van der Waals surface area (Å²) in [5, 5.41) is 5.19. The predicted molar refractivity (Wildman–Crippen MR) is 85.1 cm³/mol. The van der Waals surface area contributed by atoms with Crippen LogP contribution in [0.5, 0.6) is 0 Å². The Morgan fingerprint density at radius 2 is 2.19 bits per heavy atom. The van der Waals surface area contributed by atoms with Gasteiger partial charge in [0.2, 0.25) is 11.8 Å². The van der Waals surface area contributed by atoms with Crippen molar-refractivity contribution in [3.8, 4) is 0 Å². The van der Waals surface area contributed by atoms with Crippen LogP contribution in [-0.4, -0.2) is 29.8 Å². The van der Waals surface area contributed by atoms with E-state index >= 15 is 0 Å². The van der Waals surface area contributed by atoms with Gasteiger partial charge in [0.05, 0.1) is 12.6 Å². The maximum Gasteiger partial charge on any atom is 0.240 e. The van der Waals surface area contributed by atoms with Gasteiger partial charge in [-0.15, -0.1) is 11.3 Å². The third-order valence-corrected chi connectivity index (χ3v) is 5.15. The largest absolute Gasteiger partial charge is 0.347 e. The van der Waals surface area contributed by atoms with Crippen LogP contribution >= 0.6 is 11.3 Å². The van der Waals surface area contributed by atoms with Crippen LogP contribution in [0.25, 0.3) is 0 Å². The fraction of sp³-hybridized carbons (Fsp3) is 0.625. The number of carbonyl (C=O) groups is 2. The zero-order valence-corrected chi connectivity index (χ0v) is 13.6. The lowest BCUT2D eigenvalue weighted by Gasteiger charge is -2.26. The van der Waals surface area contributed by atoms with E-state index < -0.39 is 0 Å². The smallest absolute Gasteiger partial charge is 0.240 e. The first-order valence-electron chi connectivity index (χ1n) is 7.76. The number of hydrogen-bond acceptors (Lipinski definition) is 3. The molecule has 2 rings (SSSR count). The molecule has 2 heterocycles. The van der Waals surface area contributed by atoms with Gasteiger partial charge in [0.15, 0.2) is 0 Å². The van der Waals surface area contributed by atoms with E-state index in [0.717, 1.165) is 19.3 Å². The normalized spacial score (nSPS) is 16.5. The molecule has 5 heteroatoms. The molecule has 1 aliphatic rings. The minimum absolute atomic E-state index is 0.0458. The van der Waals surface area contributed by atoms with Gasteiger partial charge >= 0.3 is 0 Å². The Morgan fingerprint density at radius 1 is 1.43 bits per heavy atom. The quantitative estimate of drug-likeness (QED) is 0.842. The van der Waals surface area contributed by atoms with Crippen molar-refractivity contribution in [2.45, 2.75) is 45.6 Å². The van der Waals surface area contributed by atoms with Crippen molar-refractivity contribution in [2.75, 3.05) is 13.1 Å². The van der Waals surface area contributed by atoms with Crippen LogP contribution in [0.15, 0.2) is 17.5 Å². The summed E-state index contributed by atoms with van der Waals surface area (Å²) in [6, 6.07) is 4.16. The lowest BCUT2D eigenvalue weighted by molar-refractivity contribution is -0.133. The van der Waals surface area contributed by atoms with Gasteiger partial charge in [0.25, 0.3) is 0 Å². The van der Waals surface area contributed by atoms with Crippen molar-refractivity contribution < 1.29 is 9.59 Å². The van der Waals surface area contributed by atoms with Crippen molar-refractivity contribution in [1.82, 2.24) is 10.2 Å². The van der Waals surface area contributed by atoms with Crippen molar-refractivity contribution in [3.05, 3.63) is 22.4 Å². The van der Waals surface area contributed by atoms with Gasteiger partial charge in [-0.3, -0.25) is 9.59 Å². The summed E-state index contributed by atoms with van der Waals surface area (Å²) in [5.41, 5.74) is 0. The van der Waals surface area contributed by atoms with Crippen LogP contribution in [0.1, 0.15) is 50.4 Å². The number of amides is 2. The van der Waals surface area contributed by atoms with E-state index in [2.05, 4.69) is 25.2 Å². The predicted octanol–water partition coefficient (Wildman–Crippen LogP) is 2.96. The molecule has 0 saturated carbocycles. The first kappa shape index (κ1) is 16.0. The summed E-state index contributed by atoms with van der Waals surface area (Å²) < 4.78 is 0. The third-order valence-electron chi connectivity index (χ3n) is 4.19. The van der Waals surface area contributed by atoms with E-state index in [0.29, 0.717) is 18.9 Å². The zero-order valence-electron chi connectivity index (χ0n) is 12.8. The second-order valence-electron chi connectivity index (χ2n) is 5.56. The second-order valence-corrected chi connectivity index (χ2v) is 6.54. The Hall–Kier alpha value is -1.36. The molecule has 0 spiro atoms. The second kappa shape index (κ2) is 7.59. The Morgan fingerprint density at radius 3 is 2.71 bits per heavy atom. The Bertz CT molecular complexity index is 469. The number of hydrogen-bond donors (Lipinski definition) is 1. The van der Waals surface area contributed by atoms with Crippen molar-refractivity contribution >= 4 is 23.2 Å². The summed E-state index contributed by atoms with van der Waals surface area (Å²) in [7, 11) is 0. The van der Waals surface area contributed by atoms with E-state index in [-0.39, 0.29) is 24.4 Å². The van der Waals surface area contributed by atoms with Crippen LogP contribution in [0.3, 0.4) is 0 Å². The summed E-state index contributed by atoms with van der Waals surface area (Å²) in [6.45, 7) is 5.22. The molecule has 4 nitrogen and oxygen atoms in total. The molecule has 1 fully saturated rings. The van der Waals surface area contributed by atoms with Gasteiger partial charge in [-0.25, -0.2) is 0 Å². The summed E-state index contributed by atoms with van der Waals surface area (Å²) in [5.74, 6) is 0.484. The number of nitrogens with zero attached hydrogens (tertiary/aromatic N) is 1. The Kier molecular flexibility index (Phi) is 5.79. The molecule has 0 aromatic carbocycles. The highest BCUT2D eigenvalue weighted by Gasteiger charge is 2.26. The van der Waals surface area contributed by atoms with Crippen LogP contribution in [0, 0.1) is 5.92 Å². The Balaban J connectivity index is 2.01. The molecule has 21 heavy (non-hydrogen) atoms. The zero-order chi connectivity index (χ0) is 15.2. The number of thiophene rings is 1. The van der Waals surface area contributed by atoms with Gasteiger partial charge in [0, 0.05) is 17.8 Å². The van der Waals surface area contributed by atoms with Gasteiger partial charge < -0.3 is 10.2 Å². The topological polar surface area (TPSA) is 49.4 Å². The van der Waals surface area contributed by atoms with Crippen molar-refractivity contribution in [1.29, 1.82) is 0 Å². The molecule has 0 bridgehead atoms. The molecular weight excluding hydrogens is 284 g/mol. The first-order valence-corrected chi connectivity index (χ1v) is 8.64. The van der Waals surface area contributed by atoms with Crippen molar-refractivity contribution in [3.63, 3.8) is 0 Å². The van der Waals surface area contributed by atoms with Gasteiger partial charge in [-0.2, -0.15) is 0 Å². The van der Waals surface area contributed by atoms with Crippen LogP contribution in [0.2, 0.25) is 0 Å². The lowest BCUT2D eigenvalue weighted by Crippen LogP contribution is -2.41. The van der Waals surface area contributed by atoms with Gasteiger partial charge in [0.1, 0.15) is 0 Å². The van der Waals surface area contributed by atoms with E-state index in [9.17, 15) is 9.59 Å². The van der Waals surface area contributed by atoms with E-state index in [4.69, 9.17) is 0 Å². The number of rotatable bonds is 7. The molecule has 116 valence electrons. The fourth-order valence-electron chi connectivity index (χ4n) is 2.91. The van der Waals surface area contributed by atoms with E-state index in [1.54, 1.807) is 16.2 Å². The van der Waals surface area contributed by atoms with Gasteiger partial charge in [-0.05, 0) is 23.8 Å². The number of nitrogens with one attached hydrogen (secondary N) is 1. The molecule has 0 radical (unpaired) electrons. The number of carbonyl (C=O) groups excluding carboxylic acids is 2. The van der Waals surface area contributed by atoms with Crippen LogP contribution in [0.4, 0.5) is 0 Å². The summed E-state index contributed by atoms with van der Waals surface area (Å²) in [4.78, 5) is 26.8. The molecule has 1 saturated heterocycles. The molecule has 1 aliphatic heterocycles. The highest BCUT2D eigenvalue weighted by Crippen LogP contribution is 2.30. The SMILES string of the molecule is CCC(CC)[C@@H](NC(=O)CN1CCCC1=O)c1cccs1. The van der Waals surface area contributed by atoms with Gasteiger partial charge in [-0.1, -0.05) is 32.8 Å². The van der Waals surface area contributed by atoms with Crippen LogP contribution in [-0.2, 0) is 9.59 Å². The Labute approximate surface area is 130 Å². The maximum atomic E-state index is 12.3. The summed E-state index contributed by atoms with van der Waals surface area (Å²) >= 11 is 1.68. The average molecular weight is 308 g/mol. The highest BCUT2D eigenvalue weighted by atomic mass is 32.1. The molecule has 1 atom stereocenters. The maximum absolute atomic E-state index is 12.3. The standard InChI is InChI=1S/C16H24N2O2S/c1-3-12(4-2)16(13-7-6-10-21-13)17-14(19)11-18-9-5-8-15(18)20/h6-7,10,12,16H,3-5,8-9,11H2,1-2H3,(H,17,19)/t16-/m1/s1. The molecule has 1 aromatic rings.